The molecular weight excluding hydrogens is 390 g/mol. The van der Waals surface area contributed by atoms with Gasteiger partial charge in [0.2, 0.25) is 10.0 Å². The van der Waals surface area contributed by atoms with Crippen LogP contribution in [0.1, 0.15) is 21.5 Å². The Kier molecular flexibility index (Phi) is 5.67. The normalized spacial score (nSPS) is 13.0. The van der Waals surface area contributed by atoms with Crippen LogP contribution in [0.4, 0.5) is 0 Å². The Hall–Kier alpha value is -3.23. The van der Waals surface area contributed by atoms with Gasteiger partial charge in [0, 0.05) is 19.7 Å². The number of fused-ring (bicyclic) bond motifs is 1. The molecule has 3 aromatic rings. The Morgan fingerprint density at radius 1 is 0.897 bits per heavy atom. The lowest BCUT2D eigenvalue weighted by molar-refractivity contribution is 0.101. The number of hydrogen-bond acceptors (Lipinski definition) is 4. The summed E-state index contributed by atoms with van der Waals surface area (Å²) in [4.78, 5) is 19.4. The summed E-state index contributed by atoms with van der Waals surface area (Å²) in [6, 6.07) is 18.8. The third-order valence-electron chi connectivity index (χ3n) is 4.42. The van der Waals surface area contributed by atoms with Crippen molar-refractivity contribution in [1.82, 2.24) is 9.29 Å². The van der Waals surface area contributed by atoms with Gasteiger partial charge in [-0.1, -0.05) is 60.7 Å². The van der Waals surface area contributed by atoms with Gasteiger partial charge < -0.3 is 10.1 Å². The smallest absolute Gasteiger partial charge is 0.280 e. The Bertz CT molecular complexity index is 1170. The van der Waals surface area contributed by atoms with Crippen molar-refractivity contribution >= 4 is 21.6 Å². The average Bonchev–Trinajstić information content (AvgIpc) is 3.22. The van der Waals surface area contributed by atoms with E-state index in [1.165, 1.54) is 14.1 Å². The highest BCUT2D eigenvalue weighted by Crippen LogP contribution is 2.37. The van der Waals surface area contributed by atoms with Crippen LogP contribution in [-0.4, -0.2) is 54.8 Å². The van der Waals surface area contributed by atoms with Crippen LogP contribution in [0.5, 0.6) is 5.88 Å². The van der Waals surface area contributed by atoms with Crippen molar-refractivity contribution in [2.24, 2.45) is 4.99 Å². The molecule has 4 rings (SSSR count). The number of hydrogen-bond donors (Lipinski definition) is 2. The van der Waals surface area contributed by atoms with E-state index in [1.807, 2.05) is 60.7 Å². The molecule has 0 saturated carbocycles. The molecule has 0 radical (unpaired) electrons. The van der Waals surface area contributed by atoms with Crippen molar-refractivity contribution in [3.8, 4) is 17.1 Å². The van der Waals surface area contributed by atoms with Crippen molar-refractivity contribution in [1.29, 1.82) is 0 Å². The van der Waals surface area contributed by atoms with Gasteiger partial charge in [0.15, 0.2) is 5.88 Å². The van der Waals surface area contributed by atoms with Gasteiger partial charge in [-0.3, -0.25) is 4.79 Å². The summed E-state index contributed by atoms with van der Waals surface area (Å²) in [5.74, 6) is -0.355. The van der Waals surface area contributed by atoms with Gasteiger partial charge in [0.05, 0.1) is 28.8 Å². The van der Waals surface area contributed by atoms with Crippen LogP contribution >= 0.6 is 0 Å². The van der Waals surface area contributed by atoms with Gasteiger partial charge in [-0.2, -0.15) is 0 Å². The number of nitrogens with one attached hydrogen (secondary N) is 1. The number of H-pyrrole nitrogens is 1. The first kappa shape index (κ1) is 20.5. The summed E-state index contributed by atoms with van der Waals surface area (Å²) in [7, 11) is 0.0833. The Morgan fingerprint density at radius 3 is 1.86 bits per heavy atom. The third kappa shape index (κ3) is 4.28. The van der Waals surface area contributed by atoms with E-state index < -0.39 is 10.0 Å². The molecule has 0 spiro atoms. The number of benzene rings is 2. The molecule has 0 atom stereocenters. The second-order valence-electron chi connectivity index (χ2n) is 6.64. The first-order chi connectivity index (χ1) is 13.7. The minimum atomic E-state index is -2.91. The van der Waals surface area contributed by atoms with Crippen LogP contribution in [0.15, 0.2) is 65.7 Å². The summed E-state index contributed by atoms with van der Waals surface area (Å²) in [6.45, 7) is 0. The van der Waals surface area contributed by atoms with Crippen molar-refractivity contribution in [3.63, 3.8) is 0 Å². The number of aromatic nitrogens is 1. The van der Waals surface area contributed by atoms with E-state index >= 15 is 0 Å². The fraction of sp³-hybridized carbons (Fsp3) is 0.143. The quantitative estimate of drug-likeness (QED) is 0.692. The molecule has 0 fully saturated rings. The van der Waals surface area contributed by atoms with E-state index in [2.05, 4.69) is 9.98 Å². The molecule has 0 bridgehead atoms. The molecule has 2 N–H and O–H groups in total. The SMILES string of the molecule is CN(C)S(C)(=O)=O.O=C1N=C(c2ccccc2)c2c(O)[nH]c(-c3ccccc3)c21. The van der Waals surface area contributed by atoms with Crippen molar-refractivity contribution < 1.29 is 18.3 Å². The maximum absolute atomic E-state index is 12.3. The van der Waals surface area contributed by atoms with Gasteiger partial charge in [-0.15, -0.1) is 0 Å². The van der Waals surface area contributed by atoms with Gasteiger partial charge in [0.25, 0.3) is 5.91 Å². The highest BCUT2D eigenvalue weighted by molar-refractivity contribution is 7.88. The Morgan fingerprint density at radius 2 is 1.38 bits per heavy atom. The highest BCUT2D eigenvalue weighted by Gasteiger charge is 2.33. The van der Waals surface area contributed by atoms with E-state index in [9.17, 15) is 18.3 Å². The molecule has 1 aliphatic rings. The predicted molar refractivity (Wildman–Crippen MR) is 113 cm³/mol. The highest BCUT2D eigenvalue weighted by atomic mass is 32.2. The molecule has 150 valence electrons. The van der Waals surface area contributed by atoms with Gasteiger partial charge in [0.1, 0.15) is 0 Å². The molecule has 8 heteroatoms. The molecule has 2 aromatic carbocycles. The Labute approximate surface area is 169 Å². The van der Waals surface area contributed by atoms with Crippen molar-refractivity contribution in [2.45, 2.75) is 0 Å². The zero-order chi connectivity index (χ0) is 21.2. The van der Waals surface area contributed by atoms with Crippen LogP contribution < -0.4 is 0 Å². The number of carbonyl (C=O) groups is 1. The van der Waals surface area contributed by atoms with Gasteiger partial charge >= 0.3 is 0 Å². The standard InChI is InChI=1S/C18H12N2O2.C3H9NO2S/c21-17-13-14(16(20-17)12-9-5-2-6-10-12)18(22)19-15(13)11-7-3-1-4-8-11;1-4(2)7(3,5)6/h1-10,19,22H;1-3H3. The first-order valence-corrected chi connectivity index (χ1v) is 10.6. The van der Waals surface area contributed by atoms with Crippen molar-refractivity contribution in [2.75, 3.05) is 20.4 Å². The number of aliphatic imine (C=N–C) groups is 1. The summed E-state index contributed by atoms with van der Waals surface area (Å²) in [5, 5.41) is 10.3. The lowest BCUT2D eigenvalue weighted by atomic mass is 10.0. The number of carbonyl (C=O) groups excluding carboxylic acids is 1. The molecule has 29 heavy (non-hydrogen) atoms. The molecule has 1 aliphatic heterocycles. The minimum absolute atomic E-state index is 0.0256. The maximum Gasteiger partial charge on any atom is 0.280 e. The number of amides is 1. The molecule has 7 nitrogen and oxygen atoms in total. The van der Waals surface area contributed by atoms with E-state index in [1.54, 1.807) is 0 Å². The van der Waals surface area contributed by atoms with Crippen LogP contribution in [-0.2, 0) is 10.0 Å². The van der Waals surface area contributed by atoms with Crippen LogP contribution in [0.3, 0.4) is 0 Å². The lowest BCUT2D eigenvalue weighted by Gasteiger charge is -2.02. The maximum atomic E-state index is 12.3. The Balaban J connectivity index is 0.000000298. The lowest BCUT2D eigenvalue weighted by Crippen LogP contribution is -2.19. The second-order valence-corrected chi connectivity index (χ2v) is 8.84. The fourth-order valence-electron chi connectivity index (χ4n) is 2.77. The molecule has 0 saturated heterocycles. The number of sulfonamides is 1. The van der Waals surface area contributed by atoms with Gasteiger partial charge in [-0.25, -0.2) is 17.7 Å². The van der Waals surface area contributed by atoms with Crippen LogP contribution in [0.2, 0.25) is 0 Å². The molecule has 0 aliphatic carbocycles. The first-order valence-electron chi connectivity index (χ1n) is 8.76. The molecule has 2 heterocycles. The van der Waals surface area contributed by atoms with Crippen molar-refractivity contribution in [3.05, 3.63) is 77.4 Å². The molecule has 1 amide bonds. The number of rotatable bonds is 3. The summed E-state index contributed by atoms with van der Waals surface area (Å²) >= 11 is 0. The summed E-state index contributed by atoms with van der Waals surface area (Å²) in [5.41, 5.74) is 3.68. The zero-order valence-corrected chi connectivity index (χ0v) is 17.1. The number of nitrogens with zero attached hydrogens (tertiary/aromatic N) is 2. The fourth-order valence-corrected chi connectivity index (χ4v) is 2.77. The second kappa shape index (κ2) is 8.02. The molecule has 1 aromatic heterocycles. The third-order valence-corrected chi connectivity index (χ3v) is 5.74. The van der Waals surface area contributed by atoms with E-state index in [0.717, 1.165) is 21.7 Å². The largest absolute Gasteiger partial charge is 0.494 e. The van der Waals surface area contributed by atoms with Crippen LogP contribution in [0.25, 0.3) is 11.3 Å². The van der Waals surface area contributed by atoms with E-state index in [-0.39, 0.29) is 11.8 Å². The molecule has 0 unspecified atom stereocenters. The predicted octanol–water partition coefficient (Wildman–Crippen LogP) is 2.89. The van der Waals surface area contributed by atoms with E-state index in [4.69, 9.17) is 0 Å². The number of aromatic hydroxyl groups is 1. The zero-order valence-electron chi connectivity index (χ0n) is 16.2. The monoisotopic (exact) mass is 411 g/mol. The average molecular weight is 411 g/mol. The topological polar surface area (TPSA) is 103 Å². The molecular formula is C21H21N3O4S. The summed E-state index contributed by atoms with van der Waals surface area (Å²) < 4.78 is 21.7. The van der Waals surface area contributed by atoms with E-state index in [0.29, 0.717) is 22.5 Å². The minimum Gasteiger partial charge on any atom is -0.494 e. The van der Waals surface area contributed by atoms with Gasteiger partial charge in [-0.05, 0) is 5.56 Å². The van der Waals surface area contributed by atoms with Crippen LogP contribution in [0, 0.1) is 0 Å². The number of aromatic amines is 1. The summed E-state index contributed by atoms with van der Waals surface area (Å²) in [6.07, 6.45) is 1.16.